The molecule has 2 amide bonds. The van der Waals surface area contributed by atoms with Crippen LogP contribution in [0.15, 0.2) is 36.4 Å². The van der Waals surface area contributed by atoms with Gasteiger partial charge in [0, 0.05) is 34.3 Å². The molecule has 0 fully saturated rings. The predicted molar refractivity (Wildman–Crippen MR) is 135 cm³/mol. The Hall–Kier alpha value is -2.97. The number of rotatable bonds is 6. The zero-order valence-corrected chi connectivity index (χ0v) is 21.5. The summed E-state index contributed by atoms with van der Waals surface area (Å²) in [6, 6.07) is 9.38. The normalized spacial score (nSPS) is 17.0. The van der Waals surface area contributed by atoms with Gasteiger partial charge in [0.25, 0.3) is 0 Å². The maximum absolute atomic E-state index is 13.1. The predicted octanol–water partition coefficient (Wildman–Crippen LogP) is 4.78. The lowest BCUT2D eigenvalue weighted by molar-refractivity contribution is -0.142. The van der Waals surface area contributed by atoms with Crippen LogP contribution < -0.4 is 16.0 Å². The standard InChI is InChI=1S/C25H29Cl2N3O5/c1-25(2,3)35-24(33)28-13-15-8-6-5-7-14(15)9-21(31)30-19-12-20(23(32)34-4)29-18-11-16(26)10-17(27)22(18)19/h5-8,10-11,19-20,29H,9,12-13H2,1-4H3,(H,28,33)(H,30,31)/t19-,20+/m1/s1. The molecule has 1 aliphatic heterocycles. The van der Waals surface area contributed by atoms with Crippen molar-refractivity contribution in [2.45, 2.75) is 57.8 Å². The minimum atomic E-state index is -0.669. The Labute approximate surface area is 214 Å². The molecule has 188 valence electrons. The van der Waals surface area contributed by atoms with Gasteiger partial charge in [0.15, 0.2) is 0 Å². The number of alkyl carbamates (subject to hydrolysis) is 1. The van der Waals surface area contributed by atoms with E-state index in [4.69, 9.17) is 32.7 Å². The number of carbonyl (C=O) groups excluding carboxylic acids is 3. The van der Waals surface area contributed by atoms with Crippen molar-refractivity contribution in [2.75, 3.05) is 12.4 Å². The third kappa shape index (κ3) is 7.26. The summed E-state index contributed by atoms with van der Waals surface area (Å²) in [4.78, 5) is 37.3. The lowest BCUT2D eigenvalue weighted by atomic mass is 9.92. The molecule has 0 unspecified atom stereocenters. The van der Waals surface area contributed by atoms with E-state index < -0.39 is 29.7 Å². The van der Waals surface area contributed by atoms with Gasteiger partial charge in [0.2, 0.25) is 5.91 Å². The first kappa shape index (κ1) is 26.6. The van der Waals surface area contributed by atoms with E-state index in [1.165, 1.54) is 7.11 Å². The number of esters is 1. The zero-order chi connectivity index (χ0) is 25.8. The van der Waals surface area contributed by atoms with Crippen LogP contribution in [0.4, 0.5) is 10.5 Å². The molecule has 3 rings (SSSR count). The number of halogens is 2. The molecule has 0 bridgehead atoms. The summed E-state index contributed by atoms with van der Waals surface area (Å²) in [7, 11) is 1.31. The Bertz CT molecular complexity index is 1120. The van der Waals surface area contributed by atoms with Gasteiger partial charge >= 0.3 is 12.1 Å². The van der Waals surface area contributed by atoms with Gasteiger partial charge in [-0.3, -0.25) is 4.79 Å². The van der Waals surface area contributed by atoms with Crippen molar-refractivity contribution in [3.8, 4) is 0 Å². The molecule has 3 N–H and O–H groups in total. The van der Waals surface area contributed by atoms with Gasteiger partial charge in [0.05, 0.1) is 19.6 Å². The van der Waals surface area contributed by atoms with Gasteiger partial charge in [0.1, 0.15) is 11.6 Å². The van der Waals surface area contributed by atoms with Crippen LogP contribution in [0, 0.1) is 0 Å². The average molecular weight is 522 g/mol. The monoisotopic (exact) mass is 521 g/mol. The molecule has 2 atom stereocenters. The number of hydrogen-bond acceptors (Lipinski definition) is 6. The first-order chi connectivity index (χ1) is 16.5. The molecular weight excluding hydrogens is 493 g/mol. The lowest BCUT2D eigenvalue weighted by Crippen LogP contribution is -2.42. The summed E-state index contributed by atoms with van der Waals surface area (Å²) >= 11 is 12.6. The highest BCUT2D eigenvalue weighted by Crippen LogP contribution is 2.40. The van der Waals surface area contributed by atoms with Gasteiger partial charge in [-0.05, 0) is 44.0 Å². The second-order valence-corrected chi connectivity index (χ2v) is 10.1. The number of amides is 2. The molecule has 10 heteroatoms. The van der Waals surface area contributed by atoms with E-state index >= 15 is 0 Å². The molecule has 0 saturated carbocycles. The second-order valence-electron chi connectivity index (χ2n) is 9.23. The first-order valence-corrected chi connectivity index (χ1v) is 11.9. The highest BCUT2D eigenvalue weighted by molar-refractivity contribution is 6.35. The van der Waals surface area contributed by atoms with Crippen molar-refractivity contribution in [3.05, 3.63) is 63.1 Å². The minimum Gasteiger partial charge on any atom is -0.467 e. The highest BCUT2D eigenvalue weighted by atomic mass is 35.5. The quantitative estimate of drug-likeness (QED) is 0.472. The molecule has 2 aromatic carbocycles. The topological polar surface area (TPSA) is 106 Å². The van der Waals surface area contributed by atoms with Crippen LogP contribution in [0.1, 0.15) is 49.9 Å². The SMILES string of the molecule is COC(=O)[C@@H]1C[C@@H](NC(=O)Cc2ccccc2CNC(=O)OC(C)(C)C)c2c(Cl)cc(Cl)cc2N1. The molecule has 35 heavy (non-hydrogen) atoms. The fourth-order valence-corrected chi connectivity index (χ4v) is 4.51. The van der Waals surface area contributed by atoms with E-state index in [0.717, 1.165) is 11.1 Å². The van der Waals surface area contributed by atoms with Crippen LogP contribution in [0.3, 0.4) is 0 Å². The number of benzene rings is 2. The van der Waals surface area contributed by atoms with Crippen LogP contribution >= 0.6 is 23.2 Å². The molecule has 0 aromatic heterocycles. The van der Waals surface area contributed by atoms with Crippen LogP contribution in [-0.2, 0) is 32.0 Å². The molecule has 0 radical (unpaired) electrons. The number of carbonyl (C=O) groups is 3. The van der Waals surface area contributed by atoms with E-state index in [1.54, 1.807) is 32.9 Å². The number of anilines is 1. The van der Waals surface area contributed by atoms with Crippen LogP contribution in [0.5, 0.6) is 0 Å². The summed E-state index contributed by atoms with van der Waals surface area (Å²) < 4.78 is 10.2. The Kier molecular flexibility index (Phi) is 8.51. The molecule has 0 spiro atoms. The smallest absolute Gasteiger partial charge is 0.407 e. The molecule has 1 aliphatic rings. The molecule has 0 aliphatic carbocycles. The summed E-state index contributed by atoms with van der Waals surface area (Å²) in [5.41, 5.74) is 2.15. The molecule has 2 aromatic rings. The average Bonchev–Trinajstić information content (AvgIpc) is 2.76. The van der Waals surface area contributed by atoms with E-state index in [1.807, 2.05) is 24.3 Å². The number of methoxy groups -OCH3 is 1. The third-order valence-corrected chi connectivity index (χ3v) is 5.89. The minimum absolute atomic E-state index is 0.0690. The van der Waals surface area contributed by atoms with Crippen molar-refractivity contribution in [2.24, 2.45) is 0 Å². The largest absolute Gasteiger partial charge is 0.467 e. The molecular formula is C25H29Cl2N3O5. The van der Waals surface area contributed by atoms with Crippen molar-refractivity contribution >= 4 is 46.9 Å². The van der Waals surface area contributed by atoms with Gasteiger partial charge in [-0.15, -0.1) is 0 Å². The molecule has 1 heterocycles. The van der Waals surface area contributed by atoms with Crippen molar-refractivity contribution in [1.82, 2.24) is 10.6 Å². The Morgan fingerprint density at radius 1 is 1.11 bits per heavy atom. The maximum atomic E-state index is 13.1. The van der Waals surface area contributed by atoms with Gasteiger partial charge in [-0.1, -0.05) is 47.5 Å². The Morgan fingerprint density at radius 2 is 1.80 bits per heavy atom. The number of ether oxygens (including phenoxy) is 2. The van der Waals surface area contributed by atoms with Crippen molar-refractivity contribution in [1.29, 1.82) is 0 Å². The van der Waals surface area contributed by atoms with E-state index in [-0.39, 0.29) is 25.3 Å². The fourth-order valence-electron chi connectivity index (χ4n) is 3.89. The maximum Gasteiger partial charge on any atom is 0.407 e. The number of fused-ring (bicyclic) bond motifs is 1. The fraction of sp³-hybridized carbons (Fsp3) is 0.400. The second kappa shape index (κ2) is 11.2. The lowest BCUT2D eigenvalue weighted by Gasteiger charge is -2.33. The summed E-state index contributed by atoms with van der Waals surface area (Å²) in [5, 5.41) is 9.59. The van der Waals surface area contributed by atoms with Crippen LogP contribution in [0.2, 0.25) is 10.0 Å². The van der Waals surface area contributed by atoms with Gasteiger partial charge in [-0.25, -0.2) is 9.59 Å². The Balaban J connectivity index is 1.74. The van der Waals surface area contributed by atoms with Crippen molar-refractivity contribution in [3.63, 3.8) is 0 Å². The highest BCUT2D eigenvalue weighted by Gasteiger charge is 2.34. The summed E-state index contributed by atoms with van der Waals surface area (Å²) in [6.45, 7) is 5.57. The summed E-state index contributed by atoms with van der Waals surface area (Å²) in [5.74, 6) is -0.716. The number of nitrogens with one attached hydrogen (secondary N) is 3. The van der Waals surface area contributed by atoms with Crippen LogP contribution in [0.25, 0.3) is 0 Å². The van der Waals surface area contributed by atoms with E-state index in [9.17, 15) is 14.4 Å². The molecule has 8 nitrogen and oxygen atoms in total. The van der Waals surface area contributed by atoms with Crippen LogP contribution in [-0.4, -0.2) is 36.7 Å². The third-order valence-electron chi connectivity index (χ3n) is 5.36. The van der Waals surface area contributed by atoms with E-state index in [0.29, 0.717) is 21.3 Å². The molecule has 0 saturated heterocycles. The van der Waals surface area contributed by atoms with Gasteiger partial charge in [-0.2, -0.15) is 0 Å². The van der Waals surface area contributed by atoms with Gasteiger partial charge < -0.3 is 25.4 Å². The Morgan fingerprint density at radius 3 is 2.46 bits per heavy atom. The van der Waals surface area contributed by atoms with E-state index in [2.05, 4.69) is 16.0 Å². The van der Waals surface area contributed by atoms with Crippen molar-refractivity contribution < 1.29 is 23.9 Å². The number of hydrogen-bond donors (Lipinski definition) is 3. The zero-order valence-electron chi connectivity index (χ0n) is 20.0. The first-order valence-electron chi connectivity index (χ1n) is 11.1. The summed E-state index contributed by atoms with van der Waals surface area (Å²) in [6.07, 6.45) is -0.209.